The third kappa shape index (κ3) is 5.14. The molecule has 1 aromatic carbocycles. The number of halogens is 1. The van der Waals surface area contributed by atoms with Crippen molar-refractivity contribution in [3.05, 3.63) is 35.6 Å². The molecule has 0 bridgehead atoms. The van der Waals surface area contributed by atoms with Gasteiger partial charge in [0, 0.05) is 12.6 Å². The lowest BCUT2D eigenvalue weighted by Gasteiger charge is -2.20. The fourth-order valence-electron chi connectivity index (χ4n) is 1.34. The van der Waals surface area contributed by atoms with E-state index in [-0.39, 0.29) is 12.4 Å². The minimum absolute atomic E-state index is 0.237. The summed E-state index contributed by atoms with van der Waals surface area (Å²) >= 11 is 0. The van der Waals surface area contributed by atoms with Gasteiger partial charge in [0.05, 0.1) is 0 Å². The van der Waals surface area contributed by atoms with Gasteiger partial charge in [0.2, 0.25) is 0 Å². The molecule has 0 spiro atoms. The number of nitrogens with one attached hydrogen (secondary N) is 1. The van der Waals surface area contributed by atoms with E-state index in [1.54, 1.807) is 32.9 Å². The lowest BCUT2D eigenvalue weighted by atomic mass is 10.1. The van der Waals surface area contributed by atoms with Gasteiger partial charge in [-0.1, -0.05) is 12.1 Å². The van der Waals surface area contributed by atoms with Gasteiger partial charge in [-0.3, -0.25) is 0 Å². The number of amides is 1. The van der Waals surface area contributed by atoms with E-state index in [0.29, 0.717) is 0 Å². The Morgan fingerprint density at radius 1 is 1.39 bits per heavy atom. The average Bonchev–Trinajstić information content (AvgIpc) is 2.24. The Morgan fingerprint density at radius 3 is 2.44 bits per heavy atom. The van der Waals surface area contributed by atoms with Gasteiger partial charge < -0.3 is 15.8 Å². The van der Waals surface area contributed by atoms with Gasteiger partial charge in [0.25, 0.3) is 0 Å². The van der Waals surface area contributed by atoms with Crippen LogP contribution in [0.5, 0.6) is 0 Å². The van der Waals surface area contributed by atoms with Crippen molar-refractivity contribution in [3.63, 3.8) is 0 Å². The monoisotopic (exact) mass is 254 g/mol. The molecule has 0 unspecified atom stereocenters. The first-order valence-corrected chi connectivity index (χ1v) is 5.76. The van der Waals surface area contributed by atoms with Crippen LogP contribution in [0.2, 0.25) is 0 Å². The molecule has 1 atom stereocenters. The van der Waals surface area contributed by atoms with Crippen LogP contribution in [0.15, 0.2) is 24.3 Å². The Morgan fingerprint density at radius 2 is 1.94 bits per heavy atom. The van der Waals surface area contributed by atoms with Crippen LogP contribution < -0.4 is 11.1 Å². The Kier molecular flexibility index (Phi) is 4.67. The first-order chi connectivity index (χ1) is 8.28. The fraction of sp³-hybridized carbons (Fsp3) is 0.462. The summed E-state index contributed by atoms with van der Waals surface area (Å²) < 4.78 is 17.8. The molecule has 0 saturated heterocycles. The molecule has 5 heteroatoms. The molecule has 0 heterocycles. The largest absolute Gasteiger partial charge is 0.444 e. The molecule has 4 nitrogen and oxygen atoms in total. The molecular weight excluding hydrogens is 235 g/mol. The first kappa shape index (κ1) is 14.4. The molecule has 3 N–H and O–H groups in total. The van der Waals surface area contributed by atoms with Crippen LogP contribution in [0.4, 0.5) is 9.18 Å². The Bertz CT molecular complexity index is 398. The van der Waals surface area contributed by atoms with Gasteiger partial charge in [-0.15, -0.1) is 0 Å². The van der Waals surface area contributed by atoms with E-state index in [1.165, 1.54) is 12.1 Å². The summed E-state index contributed by atoms with van der Waals surface area (Å²) in [5.41, 5.74) is 6.08. The topological polar surface area (TPSA) is 64.3 Å². The SMILES string of the molecule is CC(C)(C)OC(=O)NC[C@H](N)c1ccc(F)cc1. The summed E-state index contributed by atoms with van der Waals surface area (Å²) in [6, 6.07) is 5.47. The number of carbonyl (C=O) groups excluding carboxylic acids is 1. The van der Waals surface area contributed by atoms with E-state index in [4.69, 9.17) is 10.5 Å². The second-order valence-corrected chi connectivity index (χ2v) is 5.04. The van der Waals surface area contributed by atoms with Gasteiger partial charge in [-0.05, 0) is 38.5 Å². The summed E-state index contributed by atoms with van der Waals surface area (Å²) in [5, 5.41) is 2.57. The van der Waals surface area contributed by atoms with E-state index in [2.05, 4.69) is 5.32 Å². The van der Waals surface area contributed by atoms with Gasteiger partial charge >= 0.3 is 6.09 Å². The number of hydrogen-bond donors (Lipinski definition) is 2. The second kappa shape index (κ2) is 5.82. The average molecular weight is 254 g/mol. The summed E-state index contributed by atoms with van der Waals surface area (Å²) in [4.78, 5) is 11.4. The van der Waals surface area contributed by atoms with E-state index in [9.17, 15) is 9.18 Å². The number of rotatable bonds is 3. The van der Waals surface area contributed by atoms with Crippen molar-refractivity contribution in [2.75, 3.05) is 6.54 Å². The fourth-order valence-corrected chi connectivity index (χ4v) is 1.34. The number of alkyl carbamates (subject to hydrolysis) is 1. The molecule has 0 saturated carbocycles. The highest BCUT2D eigenvalue weighted by Gasteiger charge is 2.16. The molecule has 0 fully saturated rings. The smallest absolute Gasteiger partial charge is 0.407 e. The first-order valence-electron chi connectivity index (χ1n) is 5.76. The van der Waals surface area contributed by atoms with Crippen molar-refractivity contribution in [1.29, 1.82) is 0 Å². The predicted octanol–water partition coefficient (Wildman–Crippen LogP) is 2.35. The Balaban J connectivity index is 2.44. The number of ether oxygens (including phenoxy) is 1. The van der Waals surface area contributed by atoms with Crippen molar-refractivity contribution in [3.8, 4) is 0 Å². The predicted molar refractivity (Wildman–Crippen MR) is 67.6 cm³/mol. The maximum Gasteiger partial charge on any atom is 0.407 e. The van der Waals surface area contributed by atoms with Crippen molar-refractivity contribution < 1.29 is 13.9 Å². The van der Waals surface area contributed by atoms with E-state index in [1.807, 2.05) is 0 Å². The quantitative estimate of drug-likeness (QED) is 0.870. The standard InChI is InChI=1S/C13H19FN2O2/c1-13(2,3)18-12(17)16-8-11(15)9-4-6-10(14)7-5-9/h4-7,11H,8,15H2,1-3H3,(H,16,17)/t11-/m0/s1. The van der Waals surface area contributed by atoms with Crippen LogP contribution in [0.1, 0.15) is 32.4 Å². The molecule has 0 aromatic heterocycles. The van der Waals surface area contributed by atoms with Gasteiger partial charge in [-0.25, -0.2) is 9.18 Å². The number of nitrogens with two attached hydrogens (primary N) is 1. The van der Waals surface area contributed by atoms with Gasteiger partial charge in [0.15, 0.2) is 0 Å². The third-order valence-corrected chi connectivity index (χ3v) is 2.16. The molecular formula is C13H19FN2O2. The molecule has 1 amide bonds. The maximum atomic E-state index is 12.7. The summed E-state index contributed by atoms with van der Waals surface area (Å²) in [6.07, 6.45) is -0.514. The Labute approximate surface area is 106 Å². The molecule has 100 valence electrons. The van der Waals surface area contributed by atoms with Crippen LogP contribution in [0, 0.1) is 5.82 Å². The molecule has 18 heavy (non-hydrogen) atoms. The molecule has 0 radical (unpaired) electrons. The molecule has 1 rings (SSSR count). The maximum absolute atomic E-state index is 12.7. The highest BCUT2D eigenvalue weighted by molar-refractivity contribution is 5.67. The zero-order valence-electron chi connectivity index (χ0n) is 10.9. The van der Waals surface area contributed by atoms with Crippen molar-refractivity contribution in [2.24, 2.45) is 5.73 Å². The minimum Gasteiger partial charge on any atom is -0.444 e. The van der Waals surface area contributed by atoms with Crippen LogP contribution in [-0.4, -0.2) is 18.2 Å². The van der Waals surface area contributed by atoms with Crippen molar-refractivity contribution in [2.45, 2.75) is 32.4 Å². The normalized spacial score (nSPS) is 12.9. The molecule has 1 aromatic rings. The molecule has 0 aliphatic carbocycles. The van der Waals surface area contributed by atoms with Crippen LogP contribution in [0.25, 0.3) is 0 Å². The van der Waals surface area contributed by atoms with Crippen molar-refractivity contribution >= 4 is 6.09 Å². The highest BCUT2D eigenvalue weighted by Crippen LogP contribution is 2.11. The van der Waals surface area contributed by atoms with E-state index in [0.717, 1.165) is 5.56 Å². The number of benzene rings is 1. The summed E-state index contributed by atoms with van der Waals surface area (Å²) in [5.74, 6) is -0.314. The number of hydrogen-bond acceptors (Lipinski definition) is 3. The number of carbonyl (C=O) groups is 1. The molecule has 0 aliphatic heterocycles. The van der Waals surface area contributed by atoms with Crippen LogP contribution in [-0.2, 0) is 4.74 Å². The lowest BCUT2D eigenvalue weighted by Crippen LogP contribution is -2.36. The van der Waals surface area contributed by atoms with Crippen LogP contribution >= 0.6 is 0 Å². The third-order valence-electron chi connectivity index (χ3n) is 2.16. The van der Waals surface area contributed by atoms with Crippen LogP contribution in [0.3, 0.4) is 0 Å². The lowest BCUT2D eigenvalue weighted by molar-refractivity contribution is 0.0524. The molecule has 0 aliphatic rings. The van der Waals surface area contributed by atoms with E-state index >= 15 is 0 Å². The van der Waals surface area contributed by atoms with Gasteiger partial charge in [0.1, 0.15) is 11.4 Å². The minimum atomic E-state index is -0.538. The van der Waals surface area contributed by atoms with Crippen molar-refractivity contribution in [1.82, 2.24) is 5.32 Å². The summed E-state index contributed by atoms with van der Waals surface area (Å²) in [7, 11) is 0. The van der Waals surface area contributed by atoms with Gasteiger partial charge in [-0.2, -0.15) is 0 Å². The van der Waals surface area contributed by atoms with E-state index < -0.39 is 17.7 Å². The second-order valence-electron chi connectivity index (χ2n) is 5.04. The zero-order valence-corrected chi connectivity index (χ0v) is 10.9. The highest BCUT2D eigenvalue weighted by atomic mass is 19.1. The zero-order chi connectivity index (χ0) is 13.8. The summed E-state index contributed by atoms with van der Waals surface area (Å²) in [6.45, 7) is 5.59. The Hall–Kier alpha value is -1.62.